The van der Waals surface area contributed by atoms with E-state index in [0.29, 0.717) is 0 Å². The lowest BCUT2D eigenvalue weighted by atomic mass is 10.0. The van der Waals surface area contributed by atoms with Gasteiger partial charge < -0.3 is 15.0 Å². The number of nitrogen functional groups attached to an aromatic ring is 1. The highest BCUT2D eigenvalue weighted by atomic mass is 31.1. The predicted molar refractivity (Wildman–Crippen MR) is 77.5 cm³/mol. The van der Waals surface area contributed by atoms with Crippen LogP contribution in [0.2, 0.25) is 0 Å². The minimum atomic E-state index is -4.94. The molecule has 7 nitrogen and oxygen atoms in total. The number of nitrogens with zero attached hydrogens (tertiary/aromatic N) is 4. The fraction of sp³-hybridized carbons (Fsp3) is 0.583. The maximum Gasteiger partial charge on any atom is 0.392 e. The van der Waals surface area contributed by atoms with Gasteiger partial charge in [0.25, 0.3) is 0 Å². The quantitative estimate of drug-likeness (QED) is 0.586. The van der Waals surface area contributed by atoms with Crippen LogP contribution in [0.1, 0.15) is 18.9 Å². The number of rotatable bonds is 6. The van der Waals surface area contributed by atoms with Gasteiger partial charge in [-0.25, -0.2) is 15.0 Å². The number of ether oxygens (including phenoxy) is 1. The molecule has 0 aliphatic heterocycles. The summed E-state index contributed by atoms with van der Waals surface area (Å²) in [5.74, 6) is -0.168. The molecule has 2 rings (SSSR count). The van der Waals surface area contributed by atoms with E-state index in [4.69, 9.17) is 10.5 Å². The Morgan fingerprint density at radius 3 is 2.35 bits per heavy atom. The van der Waals surface area contributed by atoms with Crippen LogP contribution in [0.5, 0.6) is 0 Å². The second kappa shape index (κ2) is 6.95. The van der Waals surface area contributed by atoms with Crippen LogP contribution >= 0.6 is 8.46 Å². The van der Waals surface area contributed by atoms with E-state index >= 15 is 0 Å². The summed E-state index contributed by atoms with van der Waals surface area (Å²) in [5, 5.41) is -2.75. The molecule has 0 aliphatic carbocycles. The summed E-state index contributed by atoms with van der Waals surface area (Å²) < 4.78 is 95.1. The van der Waals surface area contributed by atoms with Gasteiger partial charge in [0.15, 0.2) is 25.3 Å². The summed E-state index contributed by atoms with van der Waals surface area (Å²) in [6, 6.07) is -2.08. The monoisotopic (exact) mass is 403 g/mol. The van der Waals surface area contributed by atoms with Crippen LogP contribution in [0.3, 0.4) is 0 Å². The minimum Gasteiger partial charge on any atom is -0.382 e. The van der Waals surface area contributed by atoms with Crippen molar-refractivity contribution in [2.24, 2.45) is 0 Å². The number of fused-ring (bicyclic) bond motifs is 1. The number of aromatic nitrogens is 4. The van der Waals surface area contributed by atoms with Gasteiger partial charge in [0.2, 0.25) is 0 Å². The Bertz CT molecular complexity index is 794. The number of hydrogen-bond acceptors (Lipinski definition) is 6. The van der Waals surface area contributed by atoms with Crippen LogP contribution in [0, 0.1) is 0 Å². The fourth-order valence-electron chi connectivity index (χ4n) is 2.54. The van der Waals surface area contributed by atoms with E-state index in [1.807, 2.05) is 0 Å². The molecule has 0 radical (unpaired) electrons. The molecule has 0 aliphatic rings. The van der Waals surface area contributed by atoms with Gasteiger partial charge in [0, 0.05) is 7.11 Å². The van der Waals surface area contributed by atoms with E-state index in [2.05, 4.69) is 15.0 Å². The number of halogens is 6. The first-order valence-corrected chi connectivity index (χ1v) is 7.70. The van der Waals surface area contributed by atoms with Crippen LogP contribution in [0.25, 0.3) is 11.2 Å². The third-order valence-corrected chi connectivity index (χ3v) is 4.58. The normalized spacial score (nSPS) is 16.7. The van der Waals surface area contributed by atoms with Crippen molar-refractivity contribution in [1.82, 2.24) is 19.5 Å². The third-order valence-electron chi connectivity index (χ3n) is 3.63. The molecule has 0 aromatic carbocycles. The molecular formula is C12H12F6N5O2P. The lowest BCUT2D eigenvalue weighted by Crippen LogP contribution is -2.42. The Morgan fingerprint density at radius 2 is 1.85 bits per heavy atom. The molecular weight excluding hydrogens is 391 g/mol. The Morgan fingerprint density at radius 1 is 1.19 bits per heavy atom. The molecule has 0 saturated heterocycles. The standard InChI is InChI=1S/C12H12F6N5O2P/c1-25-10(26-24,3-12(16,17)18)6(2-11(13,14)15)23-5-22-7-8(19)20-4-21-9(7)23/h4-6H,2-3H2,1H3,(H2,19,20,21). The molecule has 2 N–H and O–H groups in total. The van der Waals surface area contributed by atoms with E-state index in [0.717, 1.165) is 24.3 Å². The summed E-state index contributed by atoms with van der Waals surface area (Å²) in [7, 11) is -0.528. The summed E-state index contributed by atoms with van der Waals surface area (Å²) in [6.07, 6.45) is -11.7. The maximum atomic E-state index is 13.1. The van der Waals surface area contributed by atoms with Crippen molar-refractivity contribution in [3.05, 3.63) is 12.7 Å². The highest BCUT2D eigenvalue weighted by Gasteiger charge is 2.53. The van der Waals surface area contributed by atoms with Crippen molar-refractivity contribution < 1.29 is 35.6 Å². The highest BCUT2D eigenvalue weighted by Crippen LogP contribution is 2.49. The largest absolute Gasteiger partial charge is 0.392 e. The third kappa shape index (κ3) is 4.21. The SMILES string of the molecule is COC(CC(F)(F)F)(P=O)C(CC(F)(F)F)n1cnc2c(N)ncnc21. The molecule has 14 heteroatoms. The lowest BCUT2D eigenvalue weighted by molar-refractivity contribution is -0.189. The minimum absolute atomic E-state index is 0.0979. The zero-order valence-electron chi connectivity index (χ0n) is 13.0. The Hall–Kier alpha value is -2.01. The zero-order valence-corrected chi connectivity index (χ0v) is 13.9. The van der Waals surface area contributed by atoms with Crippen molar-refractivity contribution in [3.8, 4) is 0 Å². The summed E-state index contributed by atoms with van der Waals surface area (Å²) in [5.41, 5.74) is 5.21. The van der Waals surface area contributed by atoms with Crippen molar-refractivity contribution in [1.29, 1.82) is 0 Å². The molecule has 2 aromatic heterocycles. The van der Waals surface area contributed by atoms with Gasteiger partial charge in [0.1, 0.15) is 11.8 Å². The van der Waals surface area contributed by atoms with Gasteiger partial charge in [-0.2, -0.15) is 26.3 Å². The van der Waals surface area contributed by atoms with E-state index in [-0.39, 0.29) is 17.0 Å². The molecule has 0 saturated carbocycles. The van der Waals surface area contributed by atoms with Gasteiger partial charge in [-0.1, -0.05) is 0 Å². The lowest BCUT2D eigenvalue weighted by Gasteiger charge is -2.35. The Balaban J connectivity index is 2.68. The fourth-order valence-corrected chi connectivity index (χ4v) is 3.19. The summed E-state index contributed by atoms with van der Waals surface area (Å²) in [4.78, 5) is 11.1. The second-order valence-corrected chi connectivity index (χ2v) is 6.29. The first-order valence-electron chi connectivity index (χ1n) is 6.88. The topological polar surface area (TPSA) is 95.9 Å². The van der Waals surface area contributed by atoms with Crippen molar-refractivity contribution in [3.63, 3.8) is 0 Å². The first-order chi connectivity index (χ1) is 11.9. The van der Waals surface area contributed by atoms with Crippen LogP contribution in [-0.2, 0) is 9.30 Å². The molecule has 0 bridgehead atoms. The summed E-state index contributed by atoms with van der Waals surface area (Å²) >= 11 is 0. The smallest absolute Gasteiger partial charge is 0.382 e. The zero-order chi connectivity index (χ0) is 19.8. The van der Waals surface area contributed by atoms with Crippen molar-refractivity contribution >= 4 is 25.4 Å². The molecule has 2 atom stereocenters. The van der Waals surface area contributed by atoms with Crippen LogP contribution in [-0.4, -0.2) is 44.3 Å². The molecule has 2 heterocycles. The van der Waals surface area contributed by atoms with Crippen LogP contribution < -0.4 is 5.73 Å². The molecule has 144 valence electrons. The van der Waals surface area contributed by atoms with Gasteiger partial charge in [-0.15, -0.1) is 0 Å². The summed E-state index contributed by atoms with van der Waals surface area (Å²) in [6.45, 7) is 0. The van der Waals surface area contributed by atoms with Gasteiger partial charge in [0.05, 0.1) is 25.2 Å². The second-order valence-electron chi connectivity index (χ2n) is 5.35. The molecule has 2 aromatic rings. The Kier molecular flexibility index (Phi) is 5.43. The number of imidazole rings is 1. The number of methoxy groups -OCH3 is 1. The first kappa shape index (κ1) is 20.3. The van der Waals surface area contributed by atoms with Crippen LogP contribution in [0.15, 0.2) is 12.7 Å². The molecule has 0 fully saturated rings. The molecule has 26 heavy (non-hydrogen) atoms. The van der Waals surface area contributed by atoms with Crippen LogP contribution in [0.4, 0.5) is 32.2 Å². The van der Waals surface area contributed by atoms with Crippen molar-refractivity contribution in [2.75, 3.05) is 12.8 Å². The maximum absolute atomic E-state index is 13.1. The molecule has 0 amide bonds. The van der Waals surface area contributed by atoms with Crippen molar-refractivity contribution in [2.45, 2.75) is 36.6 Å². The van der Waals surface area contributed by atoms with E-state index in [1.54, 1.807) is 0 Å². The van der Waals surface area contributed by atoms with E-state index < -0.39 is 45.0 Å². The molecule has 2 unspecified atom stereocenters. The predicted octanol–water partition coefficient (Wildman–Crippen LogP) is 3.49. The average molecular weight is 403 g/mol. The number of alkyl halides is 6. The number of anilines is 1. The average Bonchev–Trinajstić information content (AvgIpc) is 2.94. The van der Waals surface area contributed by atoms with E-state index in [9.17, 15) is 30.9 Å². The van der Waals surface area contributed by atoms with Gasteiger partial charge in [-0.05, 0) is 0 Å². The Labute approximate surface area is 143 Å². The highest BCUT2D eigenvalue weighted by molar-refractivity contribution is 7.25. The molecule has 0 spiro atoms. The van der Waals surface area contributed by atoms with Gasteiger partial charge >= 0.3 is 12.4 Å². The number of hydrogen-bond donors (Lipinski definition) is 1. The van der Waals surface area contributed by atoms with Gasteiger partial charge in [-0.3, -0.25) is 4.57 Å². The van der Waals surface area contributed by atoms with E-state index in [1.165, 1.54) is 0 Å². The number of nitrogens with two attached hydrogens (primary N) is 1.